The Morgan fingerprint density at radius 1 is 1.47 bits per heavy atom. The van der Waals surface area contributed by atoms with Crippen molar-refractivity contribution in [3.8, 4) is 0 Å². The summed E-state index contributed by atoms with van der Waals surface area (Å²) in [4.78, 5) is 0. The van der Waals surface area contributed by atoms with Crippen LogP contribution in [0.15, 0.2) is 5.16 Å². The second kappa shape index (κ2) is 5.46. The normalized spacial score (nSPS) is 15.8. The van der Waals surface area contributed by atoms with E-state index in [1.807, 2.05) is 11.7 Å². The Balaban J connectivity index is 1.70. The number of hydrogen-bond donors (Lipinski definition) is 1. The van der Waals surface area contributed by atoms with Crippen molar-refractivity contribution in [3.05, 3.63) is 0 Å². The summed E-state index contributed by atoms with van der Waals surface area (Å²) in [7, 11) is 1.99. The molecular weight excluding hydrogens is 210 g/mol. The van der Waals surface area contributed by atoms with E-state index in [-0.39, 0.29) is 0 Å². The second-order valence-corrected chi connectivity index (χ2v) is 4.86. The average molecular weight is 227 g/mol. The second-order valence-electron chi connectivity index (χ2n) is 3.80. The molecule has 0 radical (unpaired) electrons. The van der Waals surface area contributed by atoms with Crippen LogP contribution in [-0.2, 0) is 0 Å². The summed E-state index contributed by atoms with van der Waals surface area (Å²) >= 11 is 1.77. The van der Waals surface area contributed by atoms with Crippen LogP contribution in [0.1, 0.15) is 31.7 Å². The molecule has 1 N–H and O–H groups in total. The molecule has 1 heterocycles. The molecule has 6 heteroatoms. The first-order chi connectivity index (χ1) is 7.42. The molecule has 0 aliphatic heterocycles. The van der Waals surface area contributed by atoms with Crippen molar-refractivity contribution in [1.82, 2.24) is 25.5 Å². The Hall–Kier alpha value is -0.620. The van der Waals surface area contributed by atoms with Crippen LogP contribution in [0.25, 0.3) is 0 Å². The number of nitrogens with one attached hydrogen (secondary N) is 1. The average Bonchev–Trinajstić information content (AvgIpc) is 2.99. The number of rotatable bonds is 7. The summed E-state index contributed by atoms with van der Waals surface area (Å²) in [5.74, 6) is 1.11. The zero-order chi connectivity index (χ0) is 10.5. The highest BCUT2D eigenvalue weighted by Gasteiger charge is 2.27. The Morgan fingerprint density at radius 2 is 2.33 bits per heavy atom. The summed E-state index contributed by atoms with van der Waals surface area (Å²) in [6.45, 7) is 1.09. The van der Waals surface area contributed by atoms with Crippen LogP contribution in [0, 0.1) is 0 Å². The molecule has 0 aromatic carbocycles. The van der Waals surface area contributed by atoms with E-state index in [4.69, 9.17) is 0 Å². The third-order valence-electron chi connectivity index (χ3n) is 2.41. The lowest BCUT2D eigenvalue weighted by Crippen LogP contribution is -2.07. The topological polar surface area (TPSA) is 55.6 Å². The molecule has 84 valence electrons. The van der Waals surface area contributed by atoms with Crippen LogP contribution in [-0.4, -0.2) is 39.6 Å². The summed E-state index contributed by atoms with van der Waals surface area (Å²) in [5.41, 5.74) is 0. The van der Waals surface area contributed by atoms with Crippen molar-refractivity contribution in [2.24, 2.45) is 0 Å². The molecule has 1 aromatic heterocycles. The van der Waals surface area contributed by atoms with E-state index in [1.165, 1.54) is 25.7 Å². The highest BCUT2D eigenvalue weighted by Crippen LogP contribution is 2.36. The van der Waals surface area contributed by atoms with Gasteiger partial charge < -0.3 is 5.32 Å². The minimum Gasteiger partial charge on any atom is -0.320 e. The van der Waals surface area contributed by atoms with Gasteiger partial charge in [-0.1, -0.05) is 11.8 Å². The lowest BCUT2D eigenvalue weighted by Gasteiger charge is -2.01. The quantitative estimate of drug-likeness (QED) is 0.558. The molecule has 1 aliphatic rings. The number of hydrogen-bond acceptors (Lipinski definition) is 5. The first kappa shape index (κ1) is 10.9. The first-order valence-electron chi connectivity index (χ1n) is 5.47. The summed E-state index contributed by atoms with van der Waals surface area (Å²) in [5, 5.41) is 15.9. The standard InChI is InChI=1S/C9H17N5S/c1-10-6-2-3-7-15-9-11-12-13-14(9)8-4-5-8/h8,10H,2-7H2,1H3. The number of tetrazole rings is 1. The molecule has 1 saturated carbocycles. The Kier molecular flexibility index (Phi) is 3.96. The van der Waals surface area contributed by atoms with Crippen molar-refractivity contribution < 1.29 is 0 Å². The SMILES string of the molecule is CNCCCCSc1nnnn1C1CC1. The molecule has 1 aliphatic carbocycles. The van der Waals surface area contributed by atoms with Gasteiger partial charge in [0.1, 0.15) is 0 Å². The predicted octanol–water partition coefficient (Wildman–Crippen LogP) is 1.10. The minimum atomic E-state index is 0.583. The van der Waals surface area contributed by atoms with E-state index >= 15 is 0 Å². The van der Waals surface area contributed by atoms with E-state index in [9.17, 15) is 0 Å². The van der Waals surface area contributed by atoms with Gasteiger partial charge >= 0.3 is 0 Å². The van der Waals surface area contributed by atoms with Crippen LogP contribution >= 0.6 is 11.8 Å². The molecule has 0 amide bonds. The maximum atomic E-state index is 4.04. The molecule has 0 atom stereocenters. The Morgan fingerprint density at radius 3 is 3.07 bits per heavy atom. The van der Waals surface area contributed by atoms with E-state index < -0.39 is 0 Å². The zero-order valence-electron chi connectivity index (χ0n) is 9.02. The summed E-state index contributed by atoms with van der Waals surface area (Å²) < 4.78 is 1.97. The number of aromatic nitrogens is 4. The third-order valence-corrected chi connectivity index (χ3v) is 3.43. The Labute approximate surface area is 94.0 Å². The van der Waals surface area contributed by atoms with Gasteiger partial charge in [-0.3, -0.25) is 0 Å². The highest BCUT2D eigenvalue weighted by atomic mass is 32.2. The molecule has 0 saturated heterocycles. The first-order valence-corrected chi connectivity index (χ1v) is 6.45. The number of nitrogens with zero attached hydrogens (tertiary/aromatic N) is 4. The molecule has 15 heavy (non-hydrogen) atoms. The lowest BCUT2D eigenvalue weighted by molar-refractivity contribution is 0.565. The van der Waals surface area contributed by atoms with Gasteiger partial charge in [0.25, 0.3) is 0 Å². The van der Waals surface area contributed by atoms with Crippen molar-refractivity contribution in [3.63, 3.8) is 0 Å². The molecule has 0 spiro atoms. The maximum Gasteiger partial charge on any atom is 0.209 e. The van der Waals surface area contributed by atoms with Crippen molar-refractivity contribution in [2.75, 3.05) is 19.3 Å². The van der Waals surface area contributed by atoms with Gasteiger partial charge in [0, 0.05) is 5.75 Å². The van der Waals surface area contributed by atoms with E-state index in [0.29, 0.717) is 6.04 Å². The van der Waals surface area contributed by atoms with E-state index in [0.717, 1.165) is 17.5 Å². The van der Waals surface area contributed by atoms with Crippen molar-refractivity contribution >= 4 is 11.8 Å². The predicted molar refractivity (Wildman–Crippen MR) is 60.0 cm³/mol. The van der Waals surface area contributed by atoms with Crippen LogP contribution in [0.4, 0.5) is 0 Å². The lowest BCUT2D eigenvalue weighted by atomic mass is 10.3. The van der Waals surface area contributed by atoms with Crippen LogP contribution < -0.4 is 5.32 Å². The molecule has 5 nitrogen and oxygen atoms in total. The Bertz CT molecular complexity index is 296. The maximum absolute atomic E-state index is 4.04. The third kappa shape index (κ3) is 3.17. The van der Waals surface area contributed by atoms with Crippen LogP contribution in [0.5, 0.6) is 0 Å². The number of thioether (sulfide) groups is 1. The van der Waals surface area contributed by atoms with Crippen LogP contribution in [0.2, 0.25) is 0 Å². The van der Waals surface area contributed by atoms with Gasteiger partial charge in [-0.05, 0) is 49.7 Å². The van der Waals surface area contributed by atoms with E-state index in [2.05, 4.69) is 20.8 Å². The molecule has 2 rings (SSSR count). The smallest absolute Gasteiger partial charge is 0.209 e. The highest BCUT2D eigenvalue weighted by molar-refractivity contribution is 7.99. The largest absolute Gasteiger partial charge is 0.320 e. The van der Waals surface area contributed by atoms with Gasteiger partial charge in [-0.15, -0.1) is 5.10 Å². The fourth-order valence-corrected chi connectivity index (χ4v) is 2.34. The van der Waals surface area contributed by atoms with Gasteiger partial charge in [-0.25, -0.2) is 4.68 Å². The van der Waals surface area contributed by atoms with Crippen molar-refractivity contribution in [2.45, 2.75) is 36.9 Å². The van der Waals surface area contributed by atoms with Gasteiger partial charge in [0.05, 0.1) is 6.04 Å². The van der Waals surface area contributed by atoms with Gasteiger partial charge in [0.2, 0.25) is 5.16 Å². The van der Waals surface area contributed by atoms with Gasteiger partial charge in [0.15, 0.2) is 0 Å². The molecule has 0 bridgehead atoms. The molecular formula is C9H17N5S. The van der Waals surface area contributed by atoms with E-state index in [1.54, 1.807) is 11.8 Å². The molecule has 1 fully saturated rings. The minimum absolute atomic E-state index is 0.583. The van der Waals surface area contributed by atoms with Crippen LogP contribution in [0.3, 0.4) is 0 Å². The van der Waals surface area contributed by atoms with Crippen molar-refractivity contribution in [1.29, 1.82) is 0 Å². The number of unbranched alkanes of at least 4 members (excludes halogenated alkanes) is 1. The summed E-state index contributed by atoms with van der Waals surface area (Å²) in [6, 6.07) is 0.583. The summed E-state index contributed by atoms with van der Waals surface area (Å²) in [6.07, 6.45) is 4.90. The fraction of sp³-hybridized carbons (Fsp3) is 0.889. The monoisotopic (exact) mass is 227 g/mol. The fourth-order valence-electron chi connectivity index (χ4n) is 1.40. The zero-order valence-corrected chi connectivity index (χ0v) is 9.83. The molecule has 1 aromatic rings. The molecule has 0 unspecified atom stereocenters. The van der Waals surface area contributed by atoms with Gasteiger partial charge in [-0.2, -0.15) is 0 Å².